The van der Waals surface area contributed by atoms with Crippen LogP contribution in [0.4, 0.5) is 0 Å². The molecule has 0 spiro atoms. The Bertz CT molecular complexity index is 1270. The summed E-state index contributed by atoms with van der Waals surface area (Å²) in [5.41, 5.74) is 6.90. The van der Waals surface area contributed by atoms with E-state index in [4.69, 9.17) is 11.1 Å². The van der Waals surface area contributed by atoms with Gasteiger partial charge in [-0.2, -0.15) is 0 Å². The van der Waals surface area contributed by atoms with Crippen LogP contribution in [0.25, 0.3) is 0 Å². The predicted molar refractivity (Wildman–Crippen MR) is 154 cm³/mol. The number of likely N-dealkylation sites (tertiary alicyclic amines) is 1. The van der Waals surface area contributed by atoms with E-state index in [1.54, 1.807) is 26.3 Å². The lowest BCUT2D eigenvalue weighted by Crippen LogP contribution is -2.61. The Hall–Kier alpha value is -3.80. The average Bonchev–Trinajstić information content (AvgIpc) is 3.67. The summed E-state index contributed by atoms with van der Waals surface area (Å²) >= 11 is 1.22. The van der Waals surface area contributed by atoms with E-state index in [9.17, 15) is 19.2 Å². The number of piperidine rings is 1. The quantitative estimate of drug-likeness (QED) is 0.233. The van der Waals surface area contributed by atoms with Crippen molar-refractivity contribution in [2.24, 2.45) is 5.73 Å². The highest BCUT2D eigenvalue weighted by molar-refractivity contribution is 7.11. The third-order valence-electron chi connectivity index (χ3n) is 8.39. The first kappa shape index (κ1) is 28.7. The third-order valence-corrected chi connectivity index (χ3v) is 9.18. The van der Waals surface area contributed by atoms with Crippen molar-refractivity contribution in [3.8, 4) is 0 Å². The Kier molecular flexibility index (Phi) is 8.96. The molecule has 11 nitrogen and oxygen atoms in total. The Morgan fingerprint density at radius 1 is 1.15 bits per heavy atom. The molecule has 4 atom stereocenters. The minimum Gasteiger partial charge on any atom is -0.370 e. The Morgan fingerprint density at radius 3 is 2.68 bits per heavy atom. The molecule has 218 valence electrons. The van der Waals surface area contributed by atoms with E-state index in [-0.39, 0.29) is 48.1 Å². The highest BCUT2D eigenvalue weighted by atomic mass is 32.1. The summed E-state index contributed by atoms with van der Waals surface area (Å²) in [5.74, 6) is -1.00. The lowest BCUT2D eigenvalue weighted by atomic mass is 9.94. The highest BCUT2D eigenvalue weighted by Gasteiger charge is 2.46. The molecule has 3 aliphatic heterocycles. The normalized spacial score (nSPS) is 23.2. The van der Waals surface area contributed by atoms with Crippen molar-refractivity contribution >= 4 is 40.8 Å². The number of nitrogens with one attached hydrogen (secondary N) is 2. The van der Waals surface area contributed by atoms with E-state index >= 15 is 0 Å². The molecule has 2 aromatic rings. The molecule has 4 N–H and O–H groups in total. The lowest BCUT2D eigenvalue weighted by Gasteiger charge is -2.40. The van der Waals surface area contributed by atoms with Gasteiger partial charge in [0.1, 0.15) is 6.04 Å². The second-order valence-electron chi connectivity index (χ2n) is 11.0. The van der Waals surface area contributed by atoms with Crippen LogP contribution in [0.1, 0.15) is 60.3 Å². The van der Waals surface area contributed by atoms with Gasteiger partial charge in [-0.25, -0.2) is 4.98 Å². The van der Waals surface area contributed by atoms with Crippen molar-refractivity contribution in [3.63, 3.8) is 0 Å². The van der Waals surface area contributed by atoms with E-state index in [2.05, 4.69) is 10.3 Å². The number of guanidine groups is 1. The SMILES string of the molecule is N=C(N)N1CCCCC1CC(NC(=O)C1CCC2CN(C(=O)CCc3ccccc3)CC(=O)N21)C(=O)c1nccs1. The predicted octanol–water partition coefficient (Wildman–Crippen LogP) is 1.78. The van der Waals surface area contributed by atoms with Gasteiger partial charge in [0, 0.05) is 37.1 Å². The number of hydrogen-bond acceptors (Lipinski definition) is 7. The second-order valence-corrected chi connectivity index (χ2v) is 11.9. The first-order valence-electron chi connectivity index (χ1n) is 14.3. The van der Waals surface area contributed by atoms with Gasteiger partial charge in [-0.1, -0.05) is 30.3 Å². The number of carbonyl (C=O) groups excluding carboxylic acids is 4. The number of Topliss-reactive ketones (excluding diaryl/α,β-unsaturated/α-hetero) is 1. The number of thiazole rings is 1. The van der Waals surface area contributed by atoms with Gasteiger partial charge in [0.05, 0.1) is 18.6 Å². The summed E-state index contributed by atoms with van der Waals surface area (Å²) in [7, 11) is 0. The van der Waals surface area contributed by atoms with Gasteiger partial charge in [-0.05, 0) is 50.5 Å². The summed E-state index contributed by atoms with van der Waals surface area (Å²) in [6.45, 7) is 0.991. The van der Waals surface area contributed by atoms with Gasteiger partial charge < -0.3 is 25.8 Å². The molecular weight excluding hydrogens is 542 g/mol. The van der Waals surface area contributed by atoms with Gasteiger partial charge in [-0.15, -0.1) is 11.3 Å². The van der Waals surface area contributed by atoms with Gasteiger partial charge >= 0.3 is 0 Å². The van der Waals surface area contributed by atoms with Crippen LogP contribution in [0.3, 0.4) is 0 Å². The molecule has 1 aromatic carbocycles. The van der Waals surface area contributed by atoms with Gasteiger partial charge in [-0.3, -0.25) is 24.6 Å². The molecule has 0 bridgehead atoms. The van der Waals surface area contributed by atoms with Crippen molar-refractivity contribution in [3.05, 3.63) is 52.5 Å². The highest BCUT2D eigenvalue weighted by Crippen LogP contribution is 2.30. The van der Waals surface area contributed by atoms with Crippen molar-refractivity contribution in [2.75, 3.05) is 19.6 Å². The largest absolute Gasteiger partial charge is 0.370 e. The molecule has 4 heterocycles. The summed E-state index contributed by atoms with van der Waals surface area (Å²) in [6.07, 6.45) is 6.51. The van der Waals surface area contributed by atoms with Crippen LogP contribution in [0.5, 0.6) is 0 Å². The monoisotopic (exact) mass is 579 g/mol. The number of benzene rings is 1. The van der Waals surface area contributed by atoms with E-state index in [1.165, 1.54) is 11.3 Å². The van der Waals surface area contributed by atoms with Crippen LogP contribution in [-0.2, 0) is 20.8 Å². The van der Waals surface area contributed by atoms with Crippen molar-refractivity contribution in [2.45, 2.75) is 75.5 Å². The smallest absolute Gasteiger partial charge is 0.243 e. The lowest BCUT2D eigenvalue weighted by molar-refractivity contribution is -0.151. The number of aryl methyl sites for hydroxylation is 1. The number of hydrogen-bond donors (Lipinski definition) is 3. The van der Waals surface area contributed by atoms with Gasteiger partial charge in [0.2, 0.25) is 23.5 Å². The number of amides is 3. The molecule has 1 aromatic heterocycles. The fraction of sp³-hybridized carbons (Fsp3) is 0.517. The number of carbonyl (C=O) groups is 4. The molecule has 3 amide bonds. The van der Waals surface area contributed by atoms with Crippen LogP contribution in [0.15, 0.2) is 41.9 Å². The molecule has 0 saturated carbocycles. The zero-order valence-corrected chi connectivity index (χ0v) is 23.9. The minimum atomic E-state index is -0.853. The molecule has 3 fully saturated rings. The summed E-state index contributed by atoms with van der Waals surface area (Å²) in [5, 5.41) is 12.9. The molecule has 0 aliphatic carbocycles. The van der Waals surface area contributed by atoms with Crippen molar-refractivity contribution in [1.82, 2.24) is 25.0 Å². The van der Waals surface area contributed by atoms with E-state index in [0.717, 1.165) is 24.8 Å². The van der Waals surface area contributed by atoms with Gasteiger partial charge in [0.15, 0.2) is 11.0 Å². The Labute approximate surface area is 243 Å². The Morgan fingerprint density at radius 2 is 1.95 bits per heavy atom. The average molecular weight is 580 g/mol. The standard InChI is InChI=1S/C29H37N7O4S/c30-29(31)35-14-5-4-8-20(35)16-22(26(39)28-32-13-15-41-28)33-27(40)23-11-10-21-17-34(18-25(38)36(21)23)24(37)12-9-19-6-2-1-3-7-19/h1-3,6-7,13,15,20-23H,4-5,8-12,14,16-18H2,(H3,30,31)(H,33,40). The molecule has 4 unspecified atom stereocenters. The van der Waals surface area contributed by atoms with Crippen LogP contribution < -0.4 is 11.1 Å². The number of rotatable bonds is 9. The first-order valence-corrected chi connectivity index (χ1v) is 15.2. The number of ketones is 1. The summed E-state index contributed by atoms with van der Waals surface area (Å²) in [4.78, 5) is 62.4. The zero-order valence-electron chi connectivity index (χ0n) is 23.0. The van der Waals surface area contributed by atoms with Gasteiger partial charge in [0.25, 0.3) is 0 Å². The van der Waals surface area contributed by atoms with Crippen LogP contribution in [0.2, 0.25) is 0 Å². The van der Waals surface area contributed by atoms with E-state index in [0.29, 0.717) is 50.2 Å². The molecule has 3 aliphatic rings. The Balaban J connectivity index is 1.24. The number of fused-ring (bicyclic) bond motifs is 1. The summed E-state index contributed by atoms with van der Waals surface area (Å²) < 4.78 is 0. The van der Waals surface area contributed by atoms with E-state index in [1.807, 2.05) is 30.3 Å². The second kappa shape index (κ2) is 12.8. The fourth-order valence-corrected chi connectivity index (χ4v) is 6.96. The summed E-state index contributed by atoms with van der Waals surface area (Å²) in [6, 6.07) is 7.84. The fourth-order valence-electron chi connectivity index (χ4n) is 6.33. The van der Waals surface area contributed by atoms with Crippen LogP contribution >= 0.6 is 11.3 Å². The van der Waals surface area contributed by atoms with Crippen LogP contribution in [0, 0.1) is 5.41 Å². The maximum atomic E-state index is 13.6. The molecular formula is C29H37N7O4S. The minimum absolute atomic E-state index is 0.0399. The molecule has 3 saturated heterocycles. The first-order chi connectivity index (χ1) is 19.8. The van der Waals surface area contributed by atoms with Crippen LogP contribution in [-0.4, -0.2) is 92.9 Å². The van der Waals surface area contributed by atoms with E-state index < -0.39 is 12.1 Å². The molecule has 5 rings (SSSR count). The molecule has 0 radical (unpaired) electrons. The number of nitrogens with two attached hydrogens (primary N) is 1. The van der Waals surface area contributed by atoms with Crippen molar-refractivity contribution < 1.29 is 19.2 Å². The molecule has 41 heavy (non-hydrogen) atoms. The third kappa shape index (κ3) is 6.58. The number of piperazine rings is 1. The molecule has 12 heteroatoms. The zero-order chi connectivity index (χ0) is 28.9. The number of aromatic nitrogens is 1. The number of nitrogens with zero attached hydrogens (tertiary/aromatic N) is 4. The van der Waals surface area contributed by atoms with Crippen molar-refractivity contribution in [1.29, 1.82) is 5.41 Å². The maximum absolute atomic E-state index is 13.6. The maximum Gasteiger partial charge on any atom is 0.243 e. The topological polar surface area (TPSA) is 153 Å².